The second-order valence-corrected chi connectivity index (χ2v) is 9.62. The van der Waals surface area contributed by atoms with Crippen molar-refractivity contribution in [2.45, 2.75) is 41.5 Å². The summed E-state index contributed by atoms with van der Waals surface area (Å²) in [5.41, 5.74) is 12.7. The first kappa shape index (κ1) is 31.8. The van der Waals surface area contributed by atoms with Crippen LogP contribution in [0.1, 0.15) is 38.8 Å². The third-order valence-corrected chi connectivity index (χ3v) is 6.73. The Balaban J connectivity index is 0.000000206. The minimum absolute atomic E-state index is 1.26. The second kappa shape index (κ2) is 17.2. The van der Waals surface area contributed by atoms with Crippen molar-refractivity contribution in [3.05, 3.63) is 169 Å². The van der Waals surface area contributed by atoms with E-state index in [0.29, 0.717) is 0 Å². The van der Waals surface area contributed by atoms with Gasteiger partial charge in [0.1, 0.15) is 0 Å². The van der Waals surface area contributed by atoms with E-state index in [1.807, 2.05) is 39.8 Å². The van der Waals surface area contributed by atoms with Gasteiger partial charge in [-0.05, 0) is 64.4 Å². The molecular weight excluding hydrogens is 504 g/mol. The fourth-order valence-corrected chi connectivity index (χ4v) is 4.49. The molecule has 0 aliphatic carbocycles. The smallest absolute Gasteiger partial charge is 0.0178 e. The van der Waals surface area contributed by atoms with E-state index < -0.39 is 0 Å². The van der Waals surface area contributed by atoms with E-state index in [4.69, 9.17) is 0 Å². The number of benzene rings is 6. The van der Waals surface area contributed by atoms with Crippen LogP contribution in [0, 0.1) is 13.8 Å². The van der Waals surface area contributed by atoms with Crippen LogP contribution in [0.4, 0.5) is 0 Å². The molecule has 6 aromatic rings. The van der Waals surface area contributed by atoms with Crippen molar-refractivity contribution in [1.82, 2.24) is 0 Å². The topological polar surface area (TPSA) is 0 Å². The molecule has 0 nitrogen and oxygen atoms in total. The third kappa shape index (κ3) is 9.18. The fourth-order valence-electron chi connectivity index (χ4n) is 4.49. The molecule has 0 amide bonds. The highest BCUT2D eigenvalue weighted by Gasteiger charge is 2.02. The van der Waals surface area contributed by atoms with Crippen molar-refractivity contribution in [3.8, 4) is 44.5 Å². The van der Waals surface area contributed by atoms with Crippen LogP contribution in [-0.2, 0) is 0 Å². The van der Waals surface area contributed by atoms with Crippen LogP contribution in [0.15, 0.2) is 158 Å². The van der Waals surface area contributed by atoms with Gasteiger partial charge in [-0.15, -0.1) is 0 Å². The molecule has 0 aromatic heterocycles. The Bertz CT molecular complexity index is 1560. The van der Waals surface area contributed by atoms with Gasteiger partial charge in [-0.25, -0.2) is 0 Å². The van der Waals surface area contributed by atoms with Crippen molar-refractivity contribution in [3.63, 3.8) is 0 Å². The molecule has 0 radical (unpaired) electrons. The van der Waals surface area contributed by atoms with Crippen molar-refractivity contribution < 1.29 is 0 Å². The SMILES string of the molecule is CC.CC.Cc1ccc(-c2ccc(-c3ccccc3)cc2)cc1.Cc1ccc(-c2cccc(-c3ccccc3)c2)cc1. The molecule has 6 aromatic carbocycles. The summed E-state index contributed by atoms with van der Waals surface area (Å²) in [5.74, 6) is 0. The van der Waals surface area contributed by atoms with Gasteiger partial charge in [0.05, 0.1) is 0 Å². The quantitative estimate of drug-likeness (QED) is 0.205. The Hall–Kier alpha value is -4.68. The van der Waals surface area contributed by atoms with Gasteiger partial charge in [0, 0.05) is 0 Å². The molecule has 0 bridgehead atoms. The highest BCUT2D eigenvalue weighted by molar-refractivity contribution is 5.73. The van der Waals surface area contributed by atoms with E-state index in [-0.39, 0.29) is 0 Å². The maximum Gasteiger partial charge on any atom is -0.0178 e. The van der Waals surface area contributed by atoms with E-state index in [0.717, 1.165) is 0 Å². The molecule has 42 heavy (non-hydrogen) atoms. The molecule has 6 rings (SSSR count). The van der Waals surface area contributed by atoms with E-state index >= 15 is 0 Å². The highest BCUT2D eigenvalue weighted by Crippen LogP contribution is 2.27. The molecule has 0 saturated carbocycles. The fraction of sp³-hybridized carbons (Fsp3) is 0.143. The first-order chi connectivity index (χ1) is 20.7. The van der Waals surface area contributed by atoms with Crippen LogP contribution >= 0.6 is 0 Å². The van der Waals surface area contributed by atoms with E-state index in [9.17, 15) is 0 Å². The van der Waals surface area contributed by atoms with Gasteiger partial charge in [0.2, 0.25) is 0 Å². The Kier molecular flexibility index (Phi) is 13.0. The van der Waals surface area contributed by atoms with E-state index in [1.54, 1.807) is 0 Å². The van der Waals surface area contributed by atoms with Crippen LogP contribution in [-0.4, -0.2) is 0 Å². The maximum atomic E-state index is 2.25. The number of hydrogen-bond donors (Lipinski definition) is 0. The summed E-state index contributed by atoms with van der Waals surface area (Å²) in [6.45, 7) is 12.2. The molecule has 0 heteroatoms. The van der Waals surface area contributed by atoms with Gasteiger partial charge in [-0.2, -0.15) is 0 Å². The summed E-state index contributed by atoms with van der Waals surface area (Å²) in [5, 5.41) is 0. The zero-order valence-electron chi connectivity index (χ0n) is 26.0. The number of aryl methyl sites for hydroxylation is 2. The lowest BCUT2D eigenvalue weighted by molar-refractivity contribution is 1.47. The third-order valence-electron chi connectivity index (χ3n) is 6.73. The molecule has 0 heterocycles. The van der Waals surface area contributed by atoms with Crippen molar-refractivity contribution in [2.75, 3.05) is 0 Å². The van der Waals surface area contributed by atoms with Crippen LogP contribution < -0.4 is 0 Å². The lowest BCUT2D eigenvalue weighted by atomic mass is 9.99. The molecule has 0 unspecified atom stereocenters. The lowest BCUT2D eigenvalue weighted by Crippen LogP contribution is -1.81. The Morgan fingerprint density at radius 1 is 0.238 bits per heavy atom. The summed E-state index contributed by atoms with van der Waals surface area (Å²) in [6.07, 6.45) is 0. The standard InChI is InChI=1S/2C19H16.2C2H6/c1-15-10-12-17(13-11-15)19-9-5-8-18(14-19)16-6-3-2-4-7-16;1-15-7-9-17(10-8-15)19-13-11-18(12-14-19)16-5-3-2-4-6-16;2*1-2/h2*2-14H,1H3;2*1-2H3. The Morgan fingerprint density at radius 3 is 0.833 bits per heavy atom. The highest BCUT2D eigenvalue weighted by atomic mass is 14.1. The van der Waals surface area contributed by atoms with Gasteiger partial charge in [-0.1, -0.05) is 190 Å². The number of hydrogen-bond acceptors (Lipinski definition) is 0. The predicted molar refractivity (Wildman–Crippen MR) is 187 cm³/mol. The summed E-state index contributed by atoms with van der Waals surface area (Å²) in [6, 6.07) is 55.7. The molecule has 0 aliphatic heterocycles. The van der Waals surface area contributed by atoms with Crippen LogP contribution in [0.3, 0.4) is 0 Å². The van der Waals surface area contributed by atoms with E-state index in [2.05, 4.69) is 159 Å². The first-order valence-electron chi connectivity index (χ1n) is 15.1. The number of rotatable bonds is 4. The van der Waals surface area contributed by atoms with Gasteiger partial charge in [0.15, 0.2) is 0 Å². The normalized spacial score (nSPS) is 9.67. The molecule has 212 valence electrons. The van der Waals surface area contributed by atoms with Crippen LogP contribution in [0.5, 0.6) is 0 Å². The Labute approximate surface area is 254 Å². The van der Waals surface area contributed by atoms with Crippen LogP contribution in [0.2, 0.25) is 0 Å². The molecule has 0 atom stereocenters. The molecule has 0 saturated heterocycles. The molecule has 0 N–H and O–H groups in total. The van der Waals surface area contributed by atoms with Crippen LogP contribution in [0.25, 0.3) is 44.5 Å². The summed E-state index contributed by atoms with van der Waals surface area (Å²) in [4.78, 5) is 0. The second-order valence-electron chi connectivity index (χ2n) is 9.62. The Morgan fingerprint density at radius 2 is 0.476 bits per heavy atom. The zero-order chi connectivity index (χ0) is 30.2. The van der Waals surface area contributed by atoms with E-state index in [1.165, 1.54) is 55.6 Å². The molecule has 0 fully saturated rings. The average molecular weight is 549 g/mol. The van der Waals surface area contributed by atoms with Crippen molar-refractivity contribution in [1.29, 1.82) is 0 Å². The van der Waals surface area contributed by atoms with Gasteiger partial charge in [-0.3, -0.25) is 0 Å². The minimum atomic E-state index is 1.26. The maximum absolute atomic E-state index is 2.25. The molecular formula is C42H44. The lowest BCUT2D eigenvalue weighted by Gasteiger charge is -2.06. The van der Waals surface area contributed by atoms with Crippen molar-refractivity contribution in [2.24, 2.45) is 0 Å². The summed E-state index contributed by atoms with van der Waals surface area (Å²) in [7, 11) is 0. The average Bonchev–Trinajstić information content (AvgIpc) is 3.08. The first-order valence-corrected chi connectivity index (χ1v) is 15.1. The predicted octanol–water partition coefficient (Wildman–Crippen LogP) is 12.7. The van der Waals surface area contributed by atoms with Gasteiger partial charge >= 0.3 is 0 Å². The molecule has 0 aliphatic rings. The van der Waals surface area contributed by atoms with Gasteiger partial charge < -0.3 is 0 Å². The summed E-state index contributed by atoms with van der Waals surface area (Å²) < 4.78 is 0. The molecule has 0 spiro atoms. The summed E-state index contributed by atoms with van der Waals surface area (Å²) >= 11 is 0. The minimum Gasteiger partial charge on any atom is -0.0683 e. The van der Waals surface area contributed by atoms with Crippen molar-refractivity contribution >= 4 is 0 Å². The largest absolute Gasteiger partial charge is 0.0683 e. The monoisotopic (exact) mass is 548 g/mol. The zero-order valence-corrected chi connectivity index (χ0v) is 26.0. The van der Waals surface area contributed by atoms with Gasteiger partial charge in [0.25, 0.3) is 0 Å².